The van der Waals surface area contributed by atoms with Crippen LogP contribution in [0.5, 0.6) is 0 Å². The lowest BCUT2D eigenvalue weighted by Gasteiger charge is -2.23. The fraction of sp³-hybridized carbons (Fsp3) is 0.0667. The van der Waals surface area contributed by atoms with Crippen molar-refractivity contribution in [1.82, 2.24) is 14.5 Å². The van der Waals surface area contributed by atoms with E-state index in [2.05, 4.69) is 145 Å². The van der Waals surface area contributed by atoms with E-state index in [0.29, 0.717) is 0 Å². The lowest BCUT2D eigenvalue weighted by molar-refractivity contribution is 0.660. The van der Waals surface area contributed by atoms with Crippen LogP contribution in [0, 0.1) is 0 Å². The van der Waals surface area contributed by atoms with Gasteiger partial charge in [-0.1, -0.05) is 92.7 Å². The van der Waals surface area contributed by atoms with Gasteiger partial charge in [-0.3, -0.25) is 4.98 Å². The van der Waals surface area contributed by atoms with Crippen LogP contribution in [-0.4, -0.2) is 14.5 Å². The summed E-state index contributed by atoms with van der Waals surface area (Å²) in [5.74, 6) is 0. The molecule has 0 fully saturated rings. The maximum absolute atomic E-state index is 6.54. The molecule has 0 unspecified atom stereocenters. The van der Waals surface area contributed by atoms with Gasteiger partial charge in [-0.25, -0.2) is 4.98 Å². The van der Waals surface area contributed by atoms with Crippen molar-refractivity contribution in [2.45, 2.75) is 19.3 Å². The monoisotopic (exact) mass is 627 g/mol. The maximum atomic E-state index is 6.54. The fourth-order valence-corrected chi connectivity index (χ4v) is 8.42. The van der Waals surface area contributed by atoms with Gasteiger partial charge >= 0.3 is 0 Å². The molecule has 230 valence electrons. The number of hydrogen-bond acceptors (Lipinski definition) is 3. The molecule has 49 heavy (non-hydrogen) atoms. The normalized spacial score (nSPS) is 13.7. The van der Waals surface area contributed by atoms with Crippen molar-refractivity contribution in [2.75, 3.05) is 0 Å². The van der Waals surface area contributed by atoms with E-state index >= 15 is 0 Å². The van der Waals surface area contributed by atoms with Crippen molar-refractivity contribution < 1.29 is 4.42 Å². The Bertz CT molecular complexity index is 3030. The van der Waals surface area contributed by atoms with Crippen molar-refractivity contribution >= 4 is 65.6 Å². The van der Waals surface area contributed by atoms with Crippen LogP contribution >= 0.6 is 0 Å². The second-order valence-corrected chi connectivity index (χ2v) is 13.8. The average molecular weight is 628 g/mol. The Labute approximate surface area is 281 Å². The summed E-state index contributed by atoms with van der Waals surface area (Å²) >= 11 is 0. The zero-order valence-corrected chi connectivity index (χ0v) is 27.0. The lowest BCUT2D eigenvalue weighted by atomic mass is 9.81. The van der Waals surface area contributed by atoms with Crippen LogP contribution in [0.25, 0.3) is 93.6 Å². The zero-order chi connectivity index (χ0) is 32.4. The predicted molar refractivity (Wildman–Crippen MR) is 202 cm³/mol. The number of hydrogen-bond donors (Lipinski definition) is 0. The van der Waals surface area contributed by atoms with Gasteiger partial charge in [-0.15, -0.1) is 0 Å². The second-order valence-electron chi connectivity index (χ2n) is 13.8. The summed E-state index contributed by atoms with van der Waals surface area (Å²) in [6.45, 7) is 4.70. The third-order valence-electron chi connectivity index (χ3n) is 10.8. The molecule has 6 aromatic carbocycles. The fourth-order valence-electron chi connectivity index (χ4n) is 8.42. The molecule has 0 amide bonds. The van der Waals surface area contributed by atoms with Crippen molar-refractivity contribution in [3.8, 4) is 28.1 Å². The van der Waals surface area contributed by atoms with Crippen molar-refractivity contribution in [3.63, 3.8) is 0 Å². The van der Waals surface area contributed by atoms with E-state index in [0.717, 1.165) is 71.6 Å². The van der Waals surface area contributed by atoms with E-state index in [1.165, 1.54) is 33.2 Å². The van der Waals surface area contributed by atoms with E-state index in [4.69, 9.17) is 9.40 Å². The number of aromatic nitrogens is 3. The van der Waals surface area contributed by atoms with Crippen LogP contribution in [0.2, 0.25) is 0 Å². The second kappa shape index (κ2) is 9.42. The summed E-state index contributed by atoms with van der Waals surface area (Å²) in [5.41, 5.74) is 14.3. The molecule has 4 heteroatoms. The van der Waals surface area contributed by atoms with Crippen molar-refractivity contribution in [2.24, 2.45) is 0 Å². The molecule has 1 aliphatic carbocycles. The Hall–Kier alpha value is -6.26. The Kier molecular flexibility index (Phi) is 5.15. The highest BCUT2D eigenvalue weighted by molar-refractivity contribution is 6.23. The molecule has 0 saturated heterocycles. The van der Waals surface area contributed by atoms with E-state index in [1.807, 2.05) is 18.3 Å². The lowest BCUT2D eigenvalue weighted by Crippen LogP contribution is -2.15. The van der Waals surface area contributed by atoms with Gasteiger partial charge in [0.1, 0.15) is 11.2 Å². The minimum Gasteiger partial charge on any atom is -0.455 e. The van der Waals surface area contributed by atoms with Gasteiger partial charge in [0.25, 0.3) is 0 Å². The number of benzene rings is 6. The van der Waals surface area contributed by atoms with Crippen LogP contribution < -0.4 is 0 Å². The molecule has 0 saturated carbocycles. The summed E-state index contributed by atoms with van der Waals surface area (Å²) in [5, 5.41) is 6.85. The molecular weight excluding hydrogens is 599 g/mol. The van der Waals surface area contributed by atoms with Crippen molar-refractivity contribution in [1.29, 1.82) is 0 Å². The molecule has 0 spiro atoms. The van der Waals surface area contributed by atoms with Crippen LogP contribution in [0.1, 0.15) is 25.0 Å². The summed E-state index contributed by atoms with van der Waals surface area (Å²) in [6, 6.07) is 47.9. The van der Waals surface area contributed by atoms with Gasteiger partial charge in [0.05, 0.1) is 33.1 Å². The van der Waals surface area contributed by atoms with Gasteiger partial charge < -0.3 is 8.98 Å². The molecule has 10 aromatic rings. The summed E-state index contributed by atoms with van der Waals surface area (Å²) < 4.78 is 8.95. The van der Waals surface area contributed by atoms with Gasteiger partial charge in [0.2, 0.25) is 0 Å². The Morgan fingerprint density at radius 1 is 0.592 bits per heavy atom. The predicted octanol–water partition coefficient (Wildman–Crippen LogP) is 11.8. The topological polar surface area (TPSA) is 43.9 Å². The standard InChI is InChI=1S/C45H29N3O/c1-45(2)35-24-28(37-21-16-27-14-13-26-8-7-23-46-42(26)43(27)47-37)15-18-30(35)31-19-17-29(25-36(31)45)48-38-11-5-3-10-34(38)41-39(48)22-20-33-32-9-4-6-12-40(32)49-44(33)41/h3-25H,1-2H3. The molecule has 0 atom stereocenters. The first kappa shape index (κ1) is 26.8. The first-order valence-corrected chi connectivity index (χ1v) is 16.8. The first-order valence-electron chi connectivity index (χ1n) is 16.8. The Morgan fingerprint density at radius 2 is 1.35 bits per heavy atom. The minimum atomic E-state index is -0.202. The smallest absolute Gasteiger partial charge is 0.145 e. The molecular formula is C45H29N3O. The number of furan rings is 1. The van der Waals surface area contributed by atoms with Crippen molar-refractivity contribution in [3.05, 3.63) is 151 Å². The first-order chi connectivity index (χ1) is 24.0. The largest absolute Gasteiger partial charge is 0.455 e. The highest BCUT2D eigenvalue weighted by atomic mass is 16.3. The Balaban J connectivity index is 1.07. The van der Waals surface area contributed by atoms with E-state index < -0.39 is 0 Å². The van der Waals surface area contributed by atoms with Gasteiger partial charge in [0.15, 0.2) is 0 Å². The molecule has 11 rings (SSSR count). The molecule has 0 bridgehead atoms. The highest BCUT2D eigenvalue weighted by Gasteiger charge is 2.36. The summed E-state index contributed by atoms with van der Waals surface area (Å²) in [6.07, 6.45) is 1.85. The number of rotatable bonds is 2. The molecule has 4 heterocycles. The van der Waals surface area contributed by atoms with E-state index in [9.17, 15) is 0 Å². The number of nitrogens with zero attached hydrogens (tertiary/aromatic N) is 3. The third-order valence-corrected chi connectivity index (χ3v) is 10.8. The molecule has 0 aliphatic heterocycles. The summed E-state index contributed by atoms with van der Waals surface area (Å²) in [7, 11) is 0. The molecule has 1 aliphatic rings. The number of pyridine rings is 2. The van der Waals surface area contributed by atoms with Crippen LogP contribution in [0.4, 0.5) is 0 Å². The average Bonchev–Trinajstić information content (AvgIpc) is 3.76. The van der Waals surface area contributed by atoms with Crippen LogP contribution in [-0.2, 0) is 5.41 Å². The maximum Gasteiger partial charge on any atom is 0.145 e. The van der Waals surface area contributed by atoms with Crippen LogP contribution in [0.15, 0.2) is 144 Å². The van der Waals surface area contributed by atoms with E-state index in [-0.39, 0.29) is 5.41 Å². The highest BCUT2D eigenvalue weighted by Crippen LogP contribution is 2.51. The van der Waals surface area contributed by atoms with Crippen LogP contribution in [0.3, 0.4) is 0 Å². The third kappa shape index (κ3) is 3.58. The Morgan fingerprint density at radius 3 is 2.24 bits per heavy atom. The number of para-hydroxylation sites is 2. The number of fused-ring (bicyclic) bond motifs is 13. The molecule has 0 radical (unpaired) electrons. The van der Waals surface area contributed by atoms with E-state index in [1.54, 1.807) is 0 Å². The molecule has 4 nitrogen and oxygen atoms in total. The molecule has 4 aromatic heterocycles. The van der Waals surface area contributed by atoms with Gasteiger partial charge in [0, 0.05) is 49.8 Å². The van der Waals surface area contributed by atoms with Gasteiger partial charge in [-0.2, -0.15) is 0 Å². The SMILES string of the molecule is CC1(C)c2cc(-c3ccc4ccc5cccnc5c4n3)ccc2-c2ccc(-n3c4ccccc4c4c5oc6ccccc6c5ccc43)cc21. The minimum absolute atomic E-state index is 0.202. The van der Waals surface area contributed by atoms with Gasteiger partial charge in [-0.05, 0) is 76.9 Å². The molecule has 0 N–H and O–H groups in total. The zero-order valence-electron chi connectivity index (χ0n) is 27.0. The quantitative estimate of drug-likeness (QED) is 0.179. The summed E-state index contributed by atoms with van der Waals surface area (Å²) in [4.78, 5) is 9.84.